The van der Waals surface area contributed by atoms with Gasteiger partial charge in [0.2, 0.25) is 0 Å². The van der Waals surface area contributed by atoms with Crippen molar-refractivity contribution in [1.29, 1.82) is 5.26 Å². The van der Waals surface area contributed by atoms with Crippen LogP contribution in [0.3, 0.4) is 0 Å². The number of hydrogen-bond acceptors (Lipinski definition) is 3. The van der Waals surface area contributed by atoms with Crippen LogP contribution in [0.15, 0.2) is 41.3 Å². The molecule has 0 spiro atoms. The van der Waals surface area contributed by atoms with E-state index in [1.165, 1.54) is 24.3 Å². The predicted octanol–water partition coefficient (Wildman–Crippen LogP) is 2.78. The van der Waals surface area contributed by atoms with Crippen molar-refractivity contribution in [3.63, 3.8) is 0 Å². The lowest BCUT2D eigenvalue weighted by molar-refractivity contribution is 0.498. The molecule has 0 saturated heterocycles. The van der Waals surface area contributed by atoms with E-state index in [1.54, 1.807) is 6.07 Å². The number of rotatable bonds is 3. The van der Waals surface area contributed by atoms with Crippen LogP contribution in [-0.4, -0.2) is 8.42 Å². The average molecular weight is 312 g/mol. The molecule has 108 valence electrons. The van der Waals surface area contributed by atoms with Gasteiger partial charge in [-0.05, 0) is 12.1 Å². The largest absolute Gasteiger partial charge is 0.278 e. The van der Waals surface area contributed by atoms with Crippen molar-refractivity contribution in [2.24, 2.45) is 0 Å². The third-order valence-electron chi connectivity index (χ3n) is 2.52. The second-order valence-corrected chi connectivity index (χ2v) is 5.58. The van der Waals surface area contributed by atoms with Crippen LogP contribution in [0.25, 0.3) is 0 Å². The van der Waals surface area contributed by atoms with Crippen molar-refractivity contribution < 1.29 is 21.6 Å². The lowest BCUT2D eigenvalue weighted by Crippen LogP contribution is -2.17. The van der Waals surface area contributed by atoms with Gasteiger partial charge in [-0.2, -0.15) is 5.26 Å². The van der Waals surface area contributed by atoms with Crippen LogP contribution >= 0.6 is 0 Å². The summed E-state index contributed by atoms with van der Waals surface area (Å²) in [5.74, 6) is -4.36. The number of benzene rings is 2. The molecule has 8 heteroatoms. The van der Waals surface area contributed by atoms with Crippen LogP contribution in [0.5, 0.6) is 0 Å². The summed E-state index contributed by atoms with van der Waals surface area (Å²) in [5, 5.41) is 8.85. The van der Waals surface area contributed by atoms with Gasteiger partial charge < -0.3 is 0 Å². The lowest BCUT2D eigenvalue weighted by Gasteiger charge is -2.10. The molecule has 0 aliphatic rings. The van der Waals surface area contributed by atoms with Gasteiger partial charge in [-0.25, -0.2) is 21.6 Å². The minimum absolute atomic E-state index is 0.0241. The Kier molecular flexibility index (Phi) is 3.86. The molecule has 0 unspecified atom stereocenters. The first-order chi connectivity index (χ1) is 9.85. The third-order valence-corrected chi connectivity index (χ3v) is 3.94. The minimum atomic E-state index is -4.64. The number of anilines is 1. The van der Waals surface area contributed by atoms with Gasteiger partial charge in [0, 0.05) is 12.1 Å². The smallest absolute Gasteiger partial charge is 0.267 e. The predicted molar refractivity (Wildman–Crippen MR) is 68.3 cm³/mol. The zero-order valence-corrected chi connectivity index (χ0v) is 11.1. The number of halogens is 3. The molecule has 0 aliphatic carbocycles. The van der Waals surface area contributed by atoms with Crippen LogP contribution < -0.4 is 4.72 Å². The molecule has 21 heavy (non-hydrogen) atoms. The Morgan fingerprint density at radius 1 is 1.05 bits per heavy atom. The fourth-order valence-electron chi connectivity index (χ4n) is 1.65. The van der Waals surface area contributed by atoms with Crippen molar-refractivity contribution in [2.45, 2.75) is 4.90 Å². The van der Waals surface area contributed by atoms with E-state index in [0.29, 0.717) is 0 Å². The third kappa shape index (κ3) is 2.98. The van der Waals surface area contributed by atoms with E-state index in [0.717, 1.165) is 0 Å². The minimum Gasteiger partial charge on any atom is -0.278 e. The molecule has 2 aromatic carbocycles. The van der Waals surface area contributed by atoms with Gasteiger partial charge in [0.05, 0.1) is 11.3 Å². The van der Waals surface area contributed by atoms with Crippen LogP contribution in [0.2, 0.25) is 0 Å². The Bertz CT molecular complexity index is 822. The van der Waals surface area contributed by atoms with Crippen molar-refractivity contribution in [1.82, 2.24) is 0 Å². The molecule has 0 radical (unpaired) electrons. The molecule has 0 amide bonds. The molecular formula is C13H7F3N2O2S. The van der Waals surface area contributed by atoms with Gasteiger partial charge in [-0.3, -0.25) is 4.72 Å². The van der Waals surface area contributed by atoms with Crippen molar-refractivity contribution >= 4 is 15.7 Å². The first-order valence-corrected chi connectivity index (χ1v) is 7.00. The Morgan fingerprint density at radius 3 is 2.19 bits per heavy atom. The number of sulfonamides is 1. The van der Waals surface area contributed by atoms with E-state index in [-0.39, 0.29) is 23.4 Å². The number of nitrogens with zero attached hydrogens (tertiary/aromatic N) is 1. The summed E-state index contributed by atoms with van der Waals surface area (Å²) in [6, 6.07) is 7.77. The van der Waals surface area contributed by atoms with Gasteiger partial charge >= 0.3 is 0 Å². The first-order valence-electron chi connectivity index (χ1n) is 5.51. The quantitative estimate of drug-likeness (QED) is 0.947. The van der Waals surface area contributed by atoms with Gasteiger partial charge in [-0.1, -0.05) is 12.1 Å². The van der Waals surface area contributed by atoms with E-state index in [2.05, 4.69) is 0 Å². The van der Waals surface area contributed by atoms with E-state index in [4.69, 9.17) is 5.26 Å². The number of hydrogen-bond donors (Lipinski definition) is 1. The summed E-state index contributed by atoms with van der Waals surface area (Å²) in [6.07, 6.45) is 0. The van der Waals surface area contributed by atoms with E-state index >= 15 is 0 Å². The monoisotopic (exact) mass is 312 g/mol. The molecule has 0 saturated carbocycles. The standard InChI is InChI=1S/C13H7F3N2O2S/c14-9-5-10(15)13(11(16)6-9)21(19,20)18-12-4-2-1-3-8(12)7-17/h1-6,18H. The van der Waals surface area contributed by atoms with Crippen LogP contribution in [-0.2, 0) is 10.0 Å². The van der Waals surface area contributed by atoms with Crippen molar-refractivity contribution in [3.05, 3.63) is 59.4 Å². The second kappa shape index (κ2) is 5.46. The van der Waals surface area contributed by atoms with Crippen LogP contribution in [0, 0.1) is 28.8 Å². The fourth-order valence-corrected chi connectivity index (χ4v) is 2.85. The van der Waals surface area contributed by atoms with Crippen molar-refractivity contribution in [3.8, 4) is 6.07 Å². The number of nitriles is 1. The molecule has 0 atom stereocenters. The van der Waals surface area contributed by atoms with E-state index in [1.807, 2.05) is 4.72 Å². The summed E-state index contributed by atoms with van der Waals surface area (Å²) >= 11 is 0. The molecule has 0 bridgehead atoms. The molecular weight excluding hydrogens is 305 g/mol. The molecule has 0 aliphatic heterocycles. The number of para-hydroxylation sites is 1. The highest BCUT2D eigenvalue weighted by atomic mass is 32.2. The zero-order chi connectivity index (χ0) is 15.6. The Balaban J connectivity index is 2.52. The normalized spacial score (nSPS) is 11.0. The summed E-state index contributed by atoms with van der Waals surface area (Å²) in [7, 11) is -4.64. The van der Waals surface area contributed by atoms with E-state index < -0.39 is 32.4 Å². The molecule has 1 N–H and O–H groups in total. The summed E-state index contributed by atoms with van der Waals surface area (Å²) < 4.78 is 65.8. The Labute approximate surface area is 118 Å². The molecule has 0 fully saturated rings. The van der Waals surface area contributed by atoms with E-state index in [9.17, 15) is 21.6 Å². The molecule has 2 rings (SSSR count). The molecule has 0 heterocycles. The topological polar surface area (TPSA) is 70.0 Å². The maximum atomic E-state index is 13.5. The summed E-state index contributed by atoms with van der Waals surface area (Å²) in [5.41, 5.74) is -0.160. The SMILES string of the molecule is N#Cc1ccccc1NS(=O)(=O)c1c(F)cc(F)cc1F. The maximum absolute atomic E-state index is 13.5. The average Bonchev–Trinajstić information content (AvgIpc) is 2.37. The zero-order valence-electron chi connectivity index (χ0n) is 10.3. The molecule has 0 aromatic heterocycles. The van der Waals surface area contributed by atoms with Gasteiger partial charge in [0.25, 0.3) is 10.0 Å². The first kappa shape index (κ1) is 14.9. The highest BCUT2D eigenvalue weighted by Gasteiger charge is 2.25. The highest BCUT2D eigenvalue weighted by Crippen LogP contribution is 2.24. The Hall–Kier alpha value is -2.53. The van der Waals surface area contributed by atoms with Crippen LogP contribution in [0.1, 0.15) is 5.56 Å². The highest BCUT2D eigenvalue weighted by molar-refractivity contribution is 7.92. The van der Waals surface area contributed by atoms with Crippen LogP contribution in [0.4, 0.5) is 18.9 Å². The van der Waals surface area contributed by atoms with Gasteiger partial charge in [0.15, 0.2) is 4.90 Å². The van der Waals surface area contributed by atoms with Gasteiger partial charge in [-0.15, -0.1) is 0 Å². The fraction of sp³-hybridized carbons (Fsp3) is 0. The molecule has 4 nitrogen and oxygen atoms in total. The van der Waals surface area contributed by atoms with Gasteiger partial charge in [0.1, 0.15) is 23.5 Å². The van der Waals surface area contributed by atoms with Crippen molar-refractivity contribution in [2.75, 3.05) is 4.72 Å². The number of nitrogens with one attached hydrogen (secondary N) is 1. The lowest BCUT2D eigenvalue weighted by atomic mass is 10.2. The second-order valence-electron chi connectivity index (χ2n) is 3.96. The summed E-state index contributed by atoms with van der Waals surface area (Å²) in [6.45, 7) is 0. The maximum Gasteiger partial charge on any atom is 0.267 e. The Morgan fingerprint density at radius 2 is 1.62 bits per heavy atom. The molecule has 2 aromatic rings. The summed E-state index contributed by atoms with van der Waals surface area (Å²) in [4.78, 5) is -1.31.